The lowest BCUT2D eigenvalue weighted by Gasteiger charge is -2.30. The van der Waals surface area contributed by atoms with E-state index in [4.69, 9.17) is 4.74 Å². The SMILES string of the molecule is CCOC(=O)N(N=O)C(c1c(C)cc(C)cc1C)c1c(C)cc(C)cc1C. The van der Waals surface area contributed by atoms with Crippen molar-refractivity contribution in [2.24, 2.45) is 5.29 Å². The van der Waals surface area contributed by atoms with Crippen LogP contribution in [0.4, 0.5) is 4.79 Å². The van der Waals surface area contributed by atoms with E-state index in [-0.39, 0.29) is 6.61 Å². The molecule has 2 rings (SSSR count). The molecular formula is C22H28N2O3. The number of hydrogen-bond acceptors (Lipinski definition) is 4. The Kier molecular flexibility index (Phi) is 6.37. The van der Waals surface area contributed by atoms with Crippen LogP contribution in [-0.4, -0.2) is 17.7 Å². The van der Waals surface area contributed by atoms with Crippen LogP contribution >= 0.6 is 0 Å². The van der Waals surface area contributed by atoms with Crippen molar-refractivity contribution < 1.29 is 9.53 Å². The van der Waals surface area contributed by atoms with Gasteiger partial charge in [0, 0.05) is 0 Å². The maximum Gasteiger partial charge on any atom is 0.433 e. The molecule has 0 radical (unpaired) electrons. The molecule has 0 aliphatic carbocycles. The van der Waals surface area contributed by atoms with Crippen molar-refractivity contribution in [2.75, 3.05) is 6.61 Å². The van der Waals surface area contributed by atoms with Crippen LogP contribution in [0.25, 0.3) is 0 Å². The van der Waals surface area contributed by atoms with E-state index < -0.39 is 12.1 Å². The normalized spacial score (nSPS) is 10.8. The molecule has 0 bridgehead atoms. The van der Waals surface area contributed by atoms with Gasteiger partial charge in [0.2, 0.25) is 0 Å². The van der Waals surface area contributed by atoms with Crippen LogP contribution in [0.2, 0.25) is 0 Å². The second kappa shape index (κ2) is 8.33. The fourth-order valence-electron chi connectivity index (χ4n) is 4.01. The monoisotopic (exact) mass is 368 g/mol. The summed E-state index contributed by atoms with van der Waals surface area (Å²) >= 11 is 0. The Morgan fingerprint density at radius 2 is 1.26 bits per heavy atom. The number of amides is 1. The van der Waals surface area contributed by atoms with Crippen LogP contribution in [0.3, 0.4) is 0 Å². The summed E-state index contributed by atoms with van der Waals surface area (Å²) in [6, 6.07) is 7.60. The highest BCUT2D eigenvalue weighted by Crippen LogP contribution is 2.38. The fraction of sp³-hybridized carbons (Fsp3) is 0.409. The van der Waals surface area contributed by atoms with Crippen molar-refractivity contribution in [1.29, 1.82) is 0 Å². The van der Waals surface area contributed by atoms with E-state index >= 15 is 0 Å². The molecular weight excluding hydrogens is 340 g/mol. The Bertz CT molecular complexity index is 770. The molecule has 144 valence electrons. The average Bonchev–Trinajstić information content (AvgIpc) is 2.53. The molecule has 2 aromatic rings. The van der Waals surface area contributed by atoms with Crippen LogP contribution in [0.1, 0.15) is 57.5 Å². The van der Waals surface area contributed by atoms with Gasteiger partial charge in [-0.15, -0.1) is 9.92 Å². The summed E-state index contributed by atoms with van der Waals surface area (Å²) in [5, 5.41) is 4.01. The van der Waals surface area contributed by atoms with Crippen LogP contribution in [-0.2, 0) is 4.74 Å². The van der Waals surface area contributed by atoms with Gasteiger partial charge in [-0.2, -0.15) is 0 Å². The van der Waals surface area contributed by atoms with Crippen molar-refractivity contribution in [2.45, 2.75) is 54.5 Å². The number of aryl methyl sites for hydroxylation is 6. The van der Waals surface area contributed by atoms with Crippen molar-refractivity contribution in [3.05, 3.63) is 73.7 Å². The number of rotatable bonds is 5. The summed E-state index contributed by atoms with van der Waals surface area (Å²) < 4.78 is 5.12. The summed E-state index contributed by atoms with van der Waals surface area (Å²) in [4.78, 5) is 24.3. The lowest BCUT2D eigenvalue weighted by Crippen LogP contribution is -2.33. The van der Waals surface area contributed by atoms with E-state index in [0.29, 0.717) is 0 Å². The fourth-order valence-corrected chi connectivity index (χ4v) is 4.01. The Labute approximate surface area is 161 Å². The topological polar surface area (TPSA) is 59.0 Å². The minimum atomic E-state index is -0.740. The summed E-state index contributed by atoms with van der Waals surface area (Å²) in [6.45, 7) is 13.9. The Balaban J connectivity index is 2.82. The van der Waals surface area contributed by atoms with Gasteiger partial charge in [-0.05, 0) is 81.8 Å². The van der Waals surface area contributed by atoms with Crippen LogP contribution in [0.15, 0.2) is 29.6 Å². The predicted molar refractivity (Wildman–Crippen MR) is 108 cm³/mol. The number of hydrogen-bond donors (Lipinski definition) is 0. The highest BCUT2D eigenvalue weighted by Gasteiger charge is 2.33. The second-order valence-electron chi connectivity index (χ2n) is 7.15. The zero-order valence-corrected chi connectivity index (χ0v) is 17.2. The molecule has 5 nitrogen and oxygen atoms in total. The van der Waals surface area contributed by atoms with Gasteiger partial charge in [0.25, 0.3) is 0 Å². The van der Waals surface area contributed by atoms with Gasteiger partial charge in [-0.3, -0.25) is 0 Å². The van der Waals surface area contributed by atoms with Gasteiger partial charge >= 0.3 is 6.09 Å². The van der Waals surface area contributed by atoms with E-state index in [0.717, 1.165) is 49.5 Å². The molecule has 0 atom stereocenters. The number of ether oxygens (including phenoxy) is 1. The Morgan fingerprint density at radius 1 is 0.889 bits per heavy atom. The average molecular weight is 368 g/mol. The minimum Gasteiger partial charge on any atom is -0.448 e. The van der Waals surface area contributed by atoms with Gasteiger partial charge in [0.05, 0.1) is 11.9 Å². The van der Waals surface area contributed by atoms with E-state index in [1.165, 1.54) is 0 Å². The molecule has 0 saturated carbocycles. The summed E-state index contributed by atoms with van der Waals surface area (Å²) in [6.07, 6.45) is -0.740. The lowest BCUT2D eigenvalue weighted by atomic mass is 9.85. The van der Waals surface area contributed by atoms with Crippen molar-refractivity contribution in [3.8, 4) is 0 Å². The molecule has 2 aromatic carbocycles. The third kappa shape index (κ3) is 4.18. The highest BCUT2D eigenvalue weighted by atomic mass is 16.6. The van der Waals surface area contributed by atoms with Crippen molar-refractivity contribution in [3.63, 3.8) is 0 Å². The highest BCUT2D eigenvalue weighted by molar-refractivity contribution is 5.69. The molecule has 1 amide bonds. The molecule has 0 aromatic heterocycles. The zero-order valence-electron chi connectivity index (χ0n) is 17.2. The number of carbonyl (C=O) groups excluding carboxylic acids is 1. The Morgan fingerprint density at radius 3 is 1.56 bits per heavy atom. The smallest absolute Gasteiger partial charge is 0.433 e. The molecule has 0 aliphatic rings. The number of carbonyl (C=O) groups is 1. The first-order chi connectivity index (χ1) is 12.7. The summed E-state index contributed by atoms with van der Waals surface area (Å²) in [5.41, 5.74) is 8.11. The van der Waals surface area contributed by atoms with E-state index in [1.807, 2.05) is 41.5 Å². The molecule has 0 spiro atoms. The first-order valence-corrected chi connectivity index (χ1v) is 9.16. The van der Waals surface area contributed by atoms with Gasteiger partial charge in [-0.1, -0.05) is 35.4 Å². The number of nitrogens with zero attached hydrogens (tertiary/aromatic N) is 2. The van der Waals surface area contributed by atoms with Gasteiger partial charge in [0.1, 0.15) is 6.04 Å². The number of nitroso groups, excluding NO2 is 1. The first-order valence-electron chi connectivity index (χ1n) is 9.16. The van der Waals surface area contributed by atoms with Crippen molar-refractivity contribution in [1.82, 2.24) is 5.01 Å². The van der Waals surface area contributed by atoms with Gasteiger partial charge < -0.3 is 4.74 Å². The Hall–Kier alpha value is -2.69. The van der Waals surface area contributed by atoms with E-state index in [9.17, 15) is 9.70 Å². The summed E-state index contributed by atoms with van der Waals surface area (Å²) in [5.74, 6) is 0. The largest absolute Gasteiger partial charge is 0.448 e. The quantitative estimate of drug-likeness (QED) is 0.497. The van der Waals surface area contributed by atoms with Crippen LogP contribution < -0.4 is 0 Å². The standard InChI is InChI=1S/C22H28N2O3/c1-8-27-22(25)24(23-26)21(19-15(4)9-13(2)10-16(19)5)20-17(6)11-14(3)12-18(20)7/h9-12,21H,8H2,1-7H3. The molecule has 0 heterocycles. The minimum absolute atomic E-state index is 0.176. The molecule has 27 heavy (non-hydrogen) atoms. The van der Waals surface area contributed by atoms with E-state index in [1.54, 1.807) is 6.92 Å². The predicted octanol–water partition coefficient (Wildman–Crippen LogP) is 5.77. The third-order valence-corrected chi connectivity index (χ3v) is 4.81. The molecule has 0 saturated heterocycles. The molecule has 0 fully saturated rings. The van der Waals surface area contributed by atoms with E-state index in [2.05, 4.69) is 29.6 Å². The van der Waals surface area contributed by atoms with Crippen LogP contribution in [0, 0.1) is 46.4 Å². The number of benzene rings is 2. The van der Waals surface area contributed by atoms with Crippen molar-refractivity contribution >= 4 is 6.09 Å². The molecule has 0 unspecified atom stereocenters. The molecule has 0 N–H and O–H groups in total. The van der Waals surface area contributed by atoms with Gasteiger partial charge in [0.15, 0.2) is 0 Å². The van der Waals surface area contributed by atoms with Gasteiger partial charge in [-0.25, -0.2) is 4.79 Å². The van der Waals surface area contributed by atoms with Crippen LogP contribution in [0.5, 0.6) is 0 Å². The first kappa shape index (κ1) is 20.6. The zero-order chi connectivity index (χ0) is 20.3. The lowest BCUT2D eigenvalue weighted by molar-refractivity contribution is 0.0966. The summed E-state index contributed by atoms with van der Waals surface area (Å²) in [7, 11) is 0. The molecule has 5 heteroatoms. The maximum absolute atomic E-state index is 12.6. The second-order valence-corrected chi connectivity index (χ2v) is 7.15. The maximum atomic E-state index is 12.6. The third-order valence-electron chi connectivity index (χ3n) is 4.81. The molecule has 0 aliphatic heterocycles.